The Kier molecular flexibility index (Phi) is 52.0. The minimum atomic E-state index is -4.41. The fourth-order valence-electron chi connectivity index (χ4n) is 7.71. The molecule has 0 aliphatic carbocycles. The minimum absolute atomic E-state index is 0. The van der Waals surface area contributed by atoms with Crippen LogP contribution in [-0.2, 0) is 17.3 Å². The molecule has 0 aliphatic heterocycles. The van der Waals surface area contributed by atoms with Crippen molar-refractivity contribution < 1.29 is 37.1 Å². The number of anilines is 2. The number of ketones is 2. The van der Waals surface area contributed by atoms with E-state index in [4.69, 9.17) is 47.3 Å². The summed E-state index contributed by atoms with van der Waals surface area (Å²) in [6, 6.07) is 19.3. The Balaban J connectivity index is -0.000000522. The zero-order valence-electron chi connectivity index (χ0n) is 50.2. The standard InChI is InChI=1S/C16H11F3N4OS.C9H11NS.C8H7BrN2O2.C8H6N2O.C6H3BrN2.C4H7O.3C4H9.4CH4.Br2.Sn/c17-16(18,19)11-2-1-3-12(5-11)22-15-23-13(8-25-15)9-4-10(14(20)24)7-21-6-9;1-7-3-2-4-8(5-7)6-9(10)11;9-2-7(12)5-1-6(8(10)13)4-11-3-5;1-6(11)7-3-8(9-2)5-10-4-7;1-8-6-2-5(7)3-9-4-6;1-3-5-4-2;3*1-3-4-2;;;;;1-2;/h1-8H,(H2,20,24)(H,22,23);2-5H,6H2,1H3,(H2,10,11);1,3-4H,2H2,(H2,10,13);3-5H,1H3;2-4H;1,4H2,2H3;3*1,3-4H2,2H3;4*1H4;;. The molecule has 2 amide bonds. The summed E-state index contributed by atoms with van der Waals surface area (Å²) < 4.78 is 50.6. The Labute approximate surface area is 595 Å². The zero-order chi connectivity index (χ0) is 67.0. The number of carbonyl (C=O) groups is 4. The summed E-state index contributed by atoms with van der Waals surface area (Å²) in [4.78, 5) is 70.2. The van der Waals surface area contributed by atoms with Crippen molar-refractivity contribution in [2.24, 2.45) is 17.2 Å². The van der Waals surface area contributed by atoms with E-state index in [1.54, 1.807) is 23.7 Å². The molecule has 0 atom stereocenters. The number of thiazole rings is 1. The number of carbonyl (C=O) groups excluding carboxylic acids is 4. The molecule has 2 aromatic carbocycles. The number of hydrogen-bond acceptors (Lipinski definition) is 13. The number of Topliss-reactive ketones (excluding diaryl/α,β-unsaturated/α-hetero) is 2. The van der Waals surface area contributed by atoms with Gasteiger partial charge < -0.3 is 22.5 Å². The van der Waals surface area contributed by atoms with Crippen LogP contribution in [0.15, 0.2) is 143 Å². The largest absolute Gasteiger partial charge is 0.416 e. The molecule has 5 heterocycles. The number of alkyl halides is 4. The van der Waals surface area contributed by atoms with Crippen LogP contribution in [0.5, 0.6) is 0 Å². The van der Waals surface area contributed by atoms with Gasteiger partial charge >= 0.3 is 126 Å². The second-order valence-electron chi connectivity index (χ2n) is 19.1. The summed E-state index contributed by atoms with van der Waals surface area (Å²) in [5, 5.41) is 5.17. The van der Waals surface area contributed by atoms with Crippen LogP contribution >= 0.6 is 83.7 Å². The average Bonchev–Trinajstić information content (AvgIpc) is 1.93. The number of rotatable bonds is 22. The summed E-state index contributed by atoms with van der Waals surface area (Å²) in [5.74, 6) is -1.39. The maximum absolute atomic E-state index is 12.7. The van der Waals surface area contributed by atoms with E-state index < -0.39 is 41.9 Å². The van der Waals surface area contributed by atoms with Crippen LogP contribution in [-0.4, -0.2) is 83.6 Å². The number of halogens is 7. The van der Waals surface area contributed by atoms with Crippen molar-refractivity contribution in [2.75, 3.05) is 17.3 Å². The second-order valence-corrected chi connectivity index (χ2v) is 35.1. The molecule has 5 aromatic heterocycles. The molecule has 0 spiro atoms. The van der Waals surface area contributed by atoms with Gasteiger partial charge in [0, 0.05) is 116 Å². The van der Waals surface area contributed by atoms with Crippen molar-refractivity contribution >= 4 is 153 Å². The quantitative estimate of drug-likeness (QED) is 0.0123. The third-order valence-corrected chi connectivity index (χ3v) is 29.1. The van der Waals surface area contributed by atoms with Crippen LogP contribution in [0.4, 0.5) is 35.4 Å². The van der Waals surface area contributed by atoms with Gasteiger partial charge in [-0.25, -0.2) is 14.7 Å². The van der Waals surface area contributed by atoms with E-state index in [0.29, 0.717) is 50.3 Å². The number of benzene rings is 2. The first kappa shape index (κ1) is 93.1. The van der Waals surface area contributed by atoms with Crippen LogP contribution in [0.3, 0.4) is 0 Å². The van der Waals surface area contributed by atoms with E-state index in [0.717, 1.165) is 23.2 Å². The van der Waals surface area contributed by atoms with E-state index in [1.807, 2.05) is 12.1 Å². The molecular formula is C67H88Br4F3N11O5S2Sn. The predicted molar refractivity (Wildman–Crippen MR) is 400 cm³/mol. The fourth-order valence-corrected chi connectivity index (χ4v) is 23.9. The first-order valence-corrected chi connectivity index (χ1v) is 41.9. The summed E-state index contributed by atoms with van der Waals surface area (Å²) in [6.45, 7) is 30.9. The van der Waals surface area contributed by atoms with E-state index >= 15 is 0 Å². The molecule has 506 valence electrons. The van der Waals surface area contributed by atoms with Crippen LogP contribution in [0.1, 0.15) is 161 Å². The van der Waals surface area contributed by atoms with Crippen LogP contribution in [0, 0.1) is 20.1 Å². The Morgan fingerprint density at radius 2 is 1.22 bits per heavy atom. The molecule has 16 nitrogen and oxygen atoms in total. The van der Waals surface area contributed by atoms with Crippen molar-refractivity contribution in [3.8, 4) is 11.3 Å². The molecule has 7 N–H and O–H groups in total. The number of nitrogens with one attached hydrogen (secondary N) is 1. The summed E-state index contributed by atoms with van der Waals surface area (Å²) in [6.07, 6.45) is 16.1. The van der Waals surface area contributed by atoms with E-state index in [2.05, 4.69) is 153 Å². The smallest absolute Gasteiger partial charge is 0.393 e. The molecule has 93 heavy (non-hydrogen) atoms. The van der Waals surface area contributed by atoms with E-state index in [1.165, 1.54) is 153 Å². The molecule has 0 aliphatic rings. The minimum Gasteiger partial charge on any atom is -0.393 e. The Hall–Kier alpha value is -6.33. The van der Waals surface area contributed by atoms with Crippen LogP contribution in [0.2, 0.25) is 13.3 Å². The zero-order valence-corrected chi connectivity index (χ0v) is 61.0. The van der Waals surface area contributed by atoms with Crippen molar-refractivity contribution in [2.45, 2.75) is 136 Å². The van der Waals surface area contributed by atoms with Gasteiger partial charge in [0.25, 0.3) is 0 Å². The van der Waals surface area contributed by atoms with Crippen molar-refractivity contribution in [3.63, 3.8) is 0 Å². The summed E-state index contributed by atoms with van der Waals surface area (Å²) in [7, 11) is 0. The van der Waals surface area contributed by atoms with Gasteiger partial charge in [0.05, 0.1) is 45.8 Å². The molecule has 0 fully saturated rings. The van der Waals surface area contributed by atoms with Gasteiger partial charge in [0.2, 0.25) is 23.2 Å². The number of nitrogens with two attached hydrogens (primary N) is 3. The average molecular weight is 1690 g/mol. The Bertz CT molecular complexity index is 3440. The molecule has 0 saturated heterocycles. The second kappa shape index (κ2) is 52.0. The third kappa shape index (κ3) is 37.4. The van der Waals surface area contributed by atoms with Gasteiger partial charge in [-0.3, -0.25) is 39.1 Å². The molecule has 0 saturated carbocycles. The summed E-state index contributed by atoms with van der Waals surface area (Å²) >= 11 is 15.5. The first-order chi connectivity index (χ1) is 42.4. The maximum atomic E-state index is 12.7. The molecule has 7 rings (SSSR count). The molecule has 0 bridgehead atoms. The molecule has 0 radical (unpaired) electrons. The number of thiocarbonyl (C=S) groups is 1. The van der Waals surface area contributed by atoms with Crippen molar-refractivity contribution in [1.29, 1.82) is 0 Å². The number of aromatic nitrogens is 5. The number of nitrogens with zero attached hydrogens (tertiary/aromatic N) is 7. The molecule has 7 aromatic rings. The number of ether oxygens (including phenoxy) is 1. The number of hydrogen-bond donors (Lipinski definition) is 4. The van der Waals surface area contributed by atoms with Crippen molar-refractivity contribution in [1.82, 2.24) is 24.9 Å². The topological polar surface area (TPSA) is 241 Å². The van der Waals surface area contributed by atoms with Crippen LogP contribution < -0.4 is 22.5 Å². The Morgan fingerprint density at radius 1 is 0.710 bits per heavy atom. The molecule has 0 unspecified atom stereocenters. The van der Waals surface area contributed by atoms with Gasteiger partial charge in [-0.2, -0.15) is 13.2 Å². The van der Waals surface area contributed by atoms with Gasteiger partial charge in [-0.1, -0.05) is 110 Å². The molecular weight excluding hydrogens is 1600 g/mol. The fraction of sp³-hybridized carbons (Fsp3) is 0.343. The van der Waals surface area contributed by atoms with Crippen molar-refractivity contribution in [3.05, 3.63) is 204 Å². The van der Waals surface area contributed by atoms with Gasteiger partial charge in [0.1, 0.15) is 0 Å². The van der Waals surface area contributed by atoms with Gasteiger partial charge in [-0.15, -0.1) is 11.3 Å². The third-order valence-electron chi connectivity index (χ3n) is 12.2. The van der Waals surface area contributed by atoms with Crippen LogP contribution in [0.25, 0.3) is 20.9 Å². The maximum Gasteiger partial charge on any atom is 0.416 e. The van der Waals surface area contributed by atoms with E-state index in [-0.39, 0.29) is 63.4 Å². The number of aryl methyl sites for hydroxylation is 1. The first-order valence-electron chi connectivity index (χ1n) is 27.5. The predicted octanol–water partition coefficient (Wildman–Crippen LogP) is 21.0. The summed E-state index contributed by atoms with van der Waals surface area (Å²) in [5.41, 5.74) is 21.1. The number of primary amides is 2. The molecule has 26 heteroatoms. The van der Waals surface area contributed by atoms with Gasteiger partial charge in [0.15, 0.2) is 16.7 Å². The Morgan fingerprint density at radius 3 is 1.69 bits per heavy atom. The van der Waals surface area contributed by atoms with E-state index in [9.17, 15) is 32.3 Å². The van der Waals surface area contributed by atoms with Gasteiger partial charge in [-0.05, 0) is 61.9 Å². The normalized spacial score (nSPS) is 9.67. The SMILES string of the molecule is BrBr.C.C.C.C.C=[C](OCC)[Sn]([CH2]CCC)([CH2]CCC)[CH2]CCC.Cc1cccc(CC(N)=S)c1.NC(=O)c1cncc(-c2csc(Nc3cccc(C(F)(F)F)c3)n2)c1.NC(=O)c1cncc(C(=O)CBr)c1.[C-]#[N+]c1cncc(Br)c1.[C-]#[N+]c1cncc(C(C)=O)c1. The number of pyridine rings is 4. The number of unbranched alkanes of at least 4 members (excludes halogenated alkanes) is 3. The monoisotopic (exact) mass is 1680 g/mol. The number of amides is 2.